The average Bonchev–Trinajstić information content (AvgIpc) is 3.07. The Hall–Kier alpha value is -2.93. The Bertz CT molecular complexity index is 985. The van der Waals surface area contributed by atoms with Gasteiger partial charge >= 0.3 is 5.97 Å². The number of nitrogens with zero attached hydrogens (tertiary/aromatic N) is 2. The Morgan fingerprint density at radius 1 is 1.24 bits per heavy atom. The van der Waals surface area contributed by atoms with Gasteiger partial charge in [-0.1, -0.05) is 51.1 Å². The van der Waals surface area contributed by atoms with Gasteiger partial charge in [0.25, 0.3) is 0 Å². The van der Waals surface area contributed by atoms with Crippen molar-refractivity contribution in [3.8, 4) is 17.2 Å². The lowest BCUT2D eigenvalue weighted by atomic mass is 9.59. The molecule has 0 bridgehead atoms. The van der Waals surface area contributed by atoms with E-state index in [1.54, 1.807) is 0 Å². The molecule has 2 aliphatic rings. The maximum absolute atomic E-state index is 11.9. The average molecular weight is 386 g/mol. The number of fused-ring (bicyclic) bond motifs is 1. The van der Waals surface area contributed by atoms with Crippen LogP contribution >= 0.6 is 0 Å². The lowest BCUT2D eigenvalue weighted by Crippen LogP contribution is -2.43. The van der Waals surface area contributed by atoms with Crippen LogP contribution in [0.2, 0.25) is 0 Å². The second-order valence-corrected chi connectivity index (χ2v) is 8.94. The van der Waals surface area contributed by atoms with E-state index in [9.17, 15) is 10.1 Å². The van der Waals surface area contributed by atoms with Crippen LogP contribution in [0.25, 0.3) is 17.2 Å². The number of hydrogen-bond acceptors (Lipinski definition) is 4. The van der Waals surface area contributed by atoms with Crippen molar-refractivity contribution in [3.05, 3.63) is 59.9 Å². The molecule has 0 amide bonds. The van der Waals surface area contributed by atoms with Crippen molar-refractivity contribution >= 4 is 12.0 Å². The van der Waals surface area contributed by atoms with Crippen molar-refractivity contribution in [1.29, 1.82) is 5.26 Å². The van der Waals surface area contributed by atoms with Crippen LogP contribution in [-0.2, 0) is 9.53 Å². The molecule has 2 heterocycles. The fraction of sp³-hybridized carbons (Fsp3) is 0.400. The highest BCUT2D eigenvalue weighted by Gasteiger charge is 2.50. The highest BCUT2D eigenvalue weighted by atomic mass is 16.5. The number of carbonyl (C=O) groups excluding carboxylic acids is 1. The lowest BCUT2D eigenvalue weighted by molar-refractivity contribution is -0.144. The third-order valence-electron chi connectivity index (χ3n) is 6.83. The molecule has 1 aromatic heterocycles. The van der Waals surface area contributed by atoms with Crippen LogP contribution in [-0.4, -0.2) is 17.1 Å². The van der Waals surface area contributed by atoms with Crippen LogP contribution in [0.3, 0.4) is 0 Å². The minimum Gasteiger partial charge on any atom is -0.462 e. The van der Waals surface area contributed by atoms with Crippen LogP contribution in [0.4, 0.5) is 0 Å². The third kappa shape index (κ3) is 3.70. The molecular weight excluding hydrogens is 360 g/mol. The van der Waals surface area contributed by atoms with E-state index in [1.165, 1.54) is 0 Å². The zero-order valence-corrected chi connectivity index (χ0v) is 17.1. The Labute approximate surface area is 172 Å². The maximum atomic E-state index is 11.9. The lowest BCUT2D eigenvalue weighted by Gasteiger charge is -2.46. The number of esters is 1. The smallest absolute Gasteiger partial charge is 0.306 e. The largest absolute Gasteiger partial charge is 0.462 e. The first kappa shape index (κ1) is 19.4. The fourth-order valence-electron chi connectivity index (χ4n) is 4.82. The van der Waals surface area contributed by atoms with E-state index in [1.807, 2.05) is 42.6 Å². The molecule has 1 saturated carbocycles. The zero-order chi connectivity index (χ0) is 20.6. The number of hydrogen-bond donors (Lipinski definition) is 0. The maximum Gasteiger partial charge on any atom is 0.306 e. The molecule has 0 spiro atoms. The number of rotatable bonds is 3. The predicted molar refractivity (Wildman–Crippen MR) is 112 cm³/mol. The van der Waals surface area contributed by atoms with Crippen molar-refractivity contribution in [2.45, 2.75) is 39.7 Å². The Morgan fingerprint density at radius 3 is 2.76 bits per heavy atom. The summed E-state index contributed by atoms with van der Waals surface area (Å²) in [6.07, 6.45) is 7.56. The molecular formula is C25H26N2O2. The molecule has 148 valence electrons. The number of carbonyl (C=O) groups is 1. The van der Waals surface area contributed by atoms with Gasteiger partial charge in [0, 0.05) is 23.2 Å². The molecule has 1 aromatic carbocycles. The zero-order valence-electron chi connectivity index (χ0n) is 17.1. The van der Waals surface area contributed by atoms with Crippen LogP contribution in [0.1, 0.15) is 44.9 Å². The van der Waals surface area contributed by atoms with Gasteiger partial charge in [0.2, 0.25) is 0 Å². The minimum atomic E-state index is -0.0677. The fourth-order valence-corrected chi connectivity index (χ4v) is 4.82. The minimum absolute atomic E-state index is 0.0289. The van der Waals surface area contributed by atoms with Gasteiger partial charge in [0.15, 0.2) is 0 Å². The molecule has 4 rings (SSSR count). The van der Waals surface area contributed by atoms with Gasteiger partial charge in [0.05, 0.1) is 23.7 Å². The second kappa shape index (κ2) is 7.48. The summed E-state index contributed by atoms with van der Waals surface area (Å²) in [5.74, 6) is 0.928. The standard InChI is InChI=1S/C25H26N2O2/c1-16-20(22-12-24(28)29-23(22)13-25(16,2)3)11-10-19-9-8-18(15-27-19)21-7-5-4-6-17(21)14-26/h4-11,15-16,20,22-23H,12-13H2,1-3H3/b11-10+/t16-,20?,22+,23+/m0/s1. The highest BCUT2D eigenvalue weighted by molar-refractivity contribution is 5.72. The van der Waals surface area contributed by atoms with Gasteiger partial charge in [-0.25, -0.2) is 0 Å². The van der Waals surface area contributed by atoms with Crippen LogP contribution in [0, 0.1) is 34.5 Å². The summed E-state index contributed by atoms with van der Waals surface area (Å²) in [6, 6.07) is 13.8. The second-order valence-electron chi connectivity index (χ2n) is 8.94. The molecule has 0 N–H and O–H groups in total. The van der Waals surface area contributed by atoms with Crippen molar-refractivity contribution < 1.29 is 9.53 Å². The first-order valence-electron chi connectivity index (χ1n) is 10.2. The van der Waals surface area contributed by atoms with Crippen molar-refractivity contribution in [1.82, 2.24) is 4.98 Å². The van der Waals surface area contributed by atoms with Crippen molar-refractivity contribution in [2.24, 2.45) is 23.2 Å². The van der Waals surface area contributed by atoms with Gasteiger partial charge in [-0.3, -0.25) is 9.78 Å². The van der Waals surface area contributed by atoms with Crippen LogP contribution < -0.4 is 0 Å². The highest BCUT2D eigenvalue weighted by Crippen LogP contribution is 2.51. The molecule has 4 heteroatoms. The summed E-state index contributed by atoms with van der Waals surface area (Å²) in [5, 5.41) is 9.31. The molecule has 2 fully saturated rings. The van der Waals surface area contributed by atoms with E-state index in [0.29, 0.717) is 17.9 Å². The molecule has 4 nitrogen and oxygen atoms in total. The summed E-state index contributed by atoms with van der Waals surface area (Å²) < 4.78 is 5.60. The summed E-state index contributed by atoms with van der Waals surface area (Å²) >= 11 is 0. The van der Waals surface area contributed by atoms with Gasteiger partial charge < -0.3 is 4.74 Å². The molecule has 1 aliphatic heterocycles. The first-order valence-corrected chi connectivity index (χ1v) is 10.2. The van der Waals surface area contributed by atoms with Gasteiger partial charge in [-0.05, 0) is 41.9 Å². The van der Waals surface area contributed by atoms with E-state index in [4.69, 9.17) is 4.74 Å². The SMILES string of the molecule is C[C@H]1C(/C=C/c2ccc(-c3ccccc3C#N)cn2)[C@H]2CC(=O)O[C@@H]2CC1(C)C. The van der Waals surface area contributed by atoms with Crippen molar-refractivity contribution in [3.63, 3.8) is 0 Å². The molecule has 2 aromatic rings. The monoisotopic (exact) mass is 386 g/mol. The van der Waals surface area contributed by atoms with E-state index in [-0.39, 0.29) is 29.3 Å². The third-order valence-corrected chi connectivity index (χ3v) is 6.83. The number of pyridine rings is 1. The molecule has 1 unspecified atom stereocenters. The molecule has 1 aliphatic carbocycles. The molecule has 0 radical (unpaired) electrons. The van der Waals surface area contributed by atoms with E-state index in [2.05, 4.69) is 44.0 Å². The van der Waals surface area contributed by atoms with Gasteiger partial charge in [-0.2, -0.15) is 5.26 Å². The summed E-state index contributed by atoms with van der Waals surface area (Å²) in [5.41, 5.74) is 3.47. The van der Waals surface area contributed by atoms with Crippen LogP contribution in [0.5, 0.6) is 0 Å². The molecule has 1 saturated heterocycles. The van der Waals surface area contributed by atoms with E-state index >= 15 is 0 Å². The Kier molecular flexibility index (Phi) is 5.00. The van der Waals surface area contributed by atoms with E-state index in [0.717, 1.165) is 23.2 Å². The van der Waals surface area contributed by atoms with Gasteiger partial charge in [-0.15, -0.1) is 0 Å². The number of aromatic nitrogens is 1. The number of ether oxygens (including phenoxy) is 1. The normalized spacial score (nSPS) is 28.0. The topological polar surface area (TPSA) is 63.0 Å². The quantitative estimate of drug-likeness (QED) is 0.676. The summed E-state index contributed by atoms with van der Waals surface area (Å²) in [4.78, 5) is 16.5. The Morgan fingerprint density at radius 2 is 2.03 bits per heavy atom. The summed E-state index contributed by atoms with van der Waals surface area (Å²) in [6.45, 7) is 6.81. The van der Waals surface area contributed by atoms with Crippen LogP contribution in [0.15, 0.2) is 48.7 Å². The summed E-state index contributed by atoms with van der Waals surface area (Å²) in [7, 11) is 0. The Balaban J connectivity index is 1.57. The number of allylic oxidation sites excluding steroid dienone is 1. The predicted octanol–water partition coefficient (Wildman–Crippen LogP) is 5.25. The van der Waals surface area contributed by atoms with E-state index < -0.39 is 0 Å². The molecule has 4 atom stereocenters. The number of benzene rings is 1. The first-order chi connectivity index (χ1) is 13.9. The number of nitriles is 1. The van der Waals surface area contributed by atoms with Crippen molar-refractivity contribution in [2.75, 3.05) is 0 Å². The van der Waals surface area contributed by atoms with Gasteiger partial charge in [0.1, 0.15) is 6.10 Å². The molecule has 29 heavy (non-hydrogen) atoms.